The normalized spacial score (nSPS) is 49.4. The van der Waals surface area contributed by atoms with Gasteiger partial charge in [-0.3, -0.25) is 9.59 Å². The quantitative estimate of drug-likeness (QED) is 0.610. The first kappa shape index (κ1) is 10.7. The van der Waals surface area contributed by atoms with E-state index < -0.39 is 5.60 Å². The van der Waals surface area contributed by atoms with Gasteiger partial charge in [-0.15, -0.1) is 0 Å². The van der Waals surface area contributed by atoms with Crippen LogP contribution in [0.15, 0.2) is 11.1 Å². The molecule has 0 aromatic rings. The third-order valence-electron chi connectivity index (χ3n) is 5.27. The zero-order chi connectivity index (χ0) is 12.7. The highest BCUT2D eigenvalue weighted by Gasteiger charge is 2.67. The molecular weight excluding hydrogens is 232 g/mol. The number of hydrogen-bond acceptors (Lipinski definition) is 4. The molecule has 0 amide bonds. The fraction of sp³-hybridized carbons (Fsp3) is 0.714. The Kier molecular flexibility index (Phi) is 1.71. The van der Waals surface area contributed by atoms with E-state index in [1.807, 2.05) is 6.92 Å². The van der Waals surface area contributed by atoms with Crippen LogP contribution in [0.25, 0.3) is 0 Å². The minimum Gasteiger partial charge on any atom is -0.459 e. The first-order valence-corrected chi connectivity index (χ1v) is 6.56. The van der Waals surface area contributed by atoms with E-state index in [0.717, 1.165) is 12.0 Å². The Balaban J connectivity index is 1.84. The number of allylic oxidation sites excluding steroid dienone is 1. The van der Waals surface area contributed by atoms with Crippen molar-refractivity contribution in [3.63, 3.8) is 0 Å². The second kappa shape index (κ2) is 2.87. The van der Waals surface area contributed by atoms with Gasteiger partial charge in [0, 0.05) is 25.2 Å². The van der Waals surface area contributed by atoms with Crippen molar-refractivity contribution >= 4 is 11.8 Å². The number of hydrogen-bond donors (Lipinski definition) is 0. The molecular formula is C14H16O4. The SMILES string of the molecule is CC1=C2C[C@]34CC(=O)O[C@H]3C[C@@](C)(O4)[C@@H]2CC1=O. The van der Waals surface area contributed by atoms with Crippen LogP contribution in [0.2, 0.25) is 0 Å². The van der Waals surface area contributed by atoms with Crippen molar-refractivity contribution in [2.24, 2.45) is 5.92 Å². The van der Waals surface area contributed by atoms with Gasteiger partial charge in [-0.2, -0.15) is 0 Å². The fourth-order valence-corrected chi connectivity index (χ4v) is 4.36. The highest BCUT2D eigenvalue weighted by Crippen LogP contribution is 2.60. The number of rotatable bonds is 0. The number of ketones is 1. The molecule has 18 heavy (non-hydrogen) atoms. The van der Waals surface area contributed by atoms with Crippen molar-refractivity contribution in [1.82, 2.24) is 0 Å². The maximum absolute atomic E-state index is 11.9. The van der Waals surface area contributed by atoms with Crippen molar-refractivity contribution in [3.05, 3.63) is 11.1 Å². The van der Waals surface area contributed by atoms with Crippen molar-refractivity contribution in [2.75, 3.05) is 0 Å². The average molecular weight is 248 g/mol. The molecule has 3 saturated heterocycles. The molecule has 4 heteroatoms. The first-order valence-electron chi connectivity index (χ1n) is 6.56. The molecule has 0 saturated carbocycles. The lowest BCUT2D eigenvalue weighted by molar-refractivity contribution is -0.147. The van der Waals surface area contributed by atoms with E-state index in [1.54, 1.807) is 0 Å². The summed E-state index contributed by atoms with van der Waals surface area (Å²) in [4.78, 5) is 23.4. The van der Waals surface area contributed by atoms with Gasteiger partial charge < -0.3 is 9.47 Å². The molecule has 4 atom stereocenters. The number of Topliss-reactive ketones (excluding diaryl/α,β-unsaturated/α-hetero) is 1. The molecule has 0 aromatic carbocycles. The molecule has 4 aliphatic rings. The van der Waals surface area contributed by atoms with Crippen LogP contribution in [-0.4, -0.2) is 29.1 Å². The summed E-state index contributed by atoms with van der Waals surface area (Å²) in [5.41, 5.74) is 1.30. The molecule has 3 aliphatic heterocycles. The van der Waals surface area contributed by atoms with Gasteiger partial charge in [-0.1, -0.05) is 5.57 Å². The second-order valence-corrected chi connectivity index (χ2v) is 6.35. The maximum Gasteiger partial charge on any atom is 0.309 e. The summed E-state index contributed by atoms with van der Waals surface area (Å²) < 4.78 is 11.7. The fourth-order valence-electron chi connectivity index (χ4n) is 4.36. The Morgan fingerprint density at radius 1 is 1.28 bits per heavy atom. The summed E-state index contributed by atoms with van der Waals surface area (Å²) in [7, 11) is 0. The average Bonchev–Trinajstić information content (AvgIpc) is 2.78. The van der Waals surface area contributed by atoms with Gasteiger partial charge in [0.15, 0.2) is 5.78 Å². The molecule has 2 bridgehead atoms. The summed E-state index contributed by atoms with van der Waals surface area (Å²) in [5, 5.41) is 0. The molecule has 1 aliphatic carbocycles. The predicted octanol–water partition coefficient (Wildman–Crippen LogP) is 1.53. The standard InChI is InChI=1S/C14H16O4/c1-7-8-4-14-6-12(16)17-11(14)5-13(2,18-14)9(8)3-10(7)15/h9,11H,3-6H2,1-2H3/t9-,11+,13-,14+/m1/s1. The molecule has 0 unspecified atom stereocenters. The van der Waals surface area contributed by atoms with Gasteiger partial charge in [-0.05, 0) is 19.4 Å². The third-order valence-corrected chi connectivity index (χ3v) is 5.27. The zero-order valence-electron chi connectivity index (χ0n) is 10.6. The lowest BCUT2D eigenvalue weighted by Crippen LogP contribution is -2.46. The molecule has 3 fully saturated rings. The Morgan fingerprint density at radius 2 is 2.06 bits per heavy atom. The van der Waals surface area contributed by atoms with E-state index in [0.29, 0.717) is 19.3 Å². The largest absolute Gasteiger partial charge is 0.459 e. The smallest absolute Gasteiger partial charge is 0.309 e. The number of esters is 1. The Hall–Kier alpha value is -1.16. The van der Waals surface area contributed by atoms with E-state index in [1.165, 1.54) is 5.57 Å². The number of carbonyl (C=O) groups is 2. The molecule has 96 valence electrons. The van der Waals surface area contributed by atoms with Crippen molar-refractivity contribution < 1.29 is 19.1 Å². The Morgan fingerprint density at radius 3 is 2.83 bits per heavy atom. The summed E-state index contributed by atoms with van der Waals surface area (Å²) >= 11 is 0. The summed E-state index contributed by atoms with van der Waals surface area (Å²) in [6.07, 6.45) is 2.21. The van der Waals surface area contributed by atoms with Gasteiger partial charge >= 0.3 is 5.97 Å². The van der Waals surface area contributed by atoms with E-state index in [-0.39, 0.29) is 29.4 Å². The Labute approximate surface area is 105 Å². The van der Waals surface area contributed by atoms with E-state index in [4.69, 9.17) is 9.47 Å². The van der Waals surface area contributed by atoms with Gasteiger partial charge in [0.1, 0.15) is 11.7 Å². The van der Waals surface area contributed by atoms with E-state index >= 15 is 0 Å². The maximum atomic E-state index is 11.9. The molecule has 3 heterocycles. The zero-order valence-corrected chi connectivity index (χ0v) is 10.6. The van der Waals surface area contributed by atoms with Crippen LogP contribution in [0.3, 0.4) is 0 Å². The molecule has 4 rings (SSSR count). The van der Waals surface area contributed by atoms with Crippen LogP contribution in [-0.2, 0) is 19.1 Å². The van der Waals surface area contributed by atoms with Crippen LogP contribution < -0.4 is 0 Å². The van der Waals surface area contributed by atoms with Crippen LogP contribution in [0, 0.1) is 5.92 Å². The van der Waals surface area contributed by atoms with E-state index in [2.05, 4.69) is 6.92 Å². The van der Waals surface area contributed by atoms with Crippen molar-refractivity contribution in [2.45, 2.75) is 56.8 Å². The molecule has 0 aromatic heterocycles. The molecule has 4 nitrogen and oxygen atoms in total. The van der Waals surface area contributed by atoms with Gasteiger partial charge in [0.25, 0.3) is 0 Å². The second-order valence-electron chi connectivity index (χ2n) is 6.35. The third kappa shape index (κ3) is 1.06. The molecule has 1 spiro atoms. The van der Waals surface area contributed by atoms with Crippen LogP contribution >= 0.6 is 0 Å². The van der Waals surface area contributed by atoms with Gasteiger partial charge in [0.05, 0.1) is 12.0 Å². The van der Waals surface area contributed by atoms with E-state index in [9.17, 15) is 9.59 Å². The number of carbonyl (C=O) groups excluding carboxylic acids is 2. The Bertz CT molecular complexity index is 520. The van der Waals surface area contributed by atoms with Gasteiger partial charge in [0.2, 0.25) is 0 Å². The van der Waals surface area contributed by atoms with Gasteiger partial charge in [-0.25, -0.2) is 0 Å². The number of ether oxygens (including phenoxy) is 2. The summed E-state index contributed by atoms with van der Waals surface area (Å²) in [5.74, 6) is 0.272. The van der Waals surface area contributed by atoms with Crippen molar-refractivity contribution in [1.29, 1.82) is 0 Å². The monoisotopic (exact) mass is 248 g/mol. The minimum atomic E-state index is -0.483. The minimum absolute atomic E-state index is 0.115. The topological polar surface area (TPSA) is 52.6 Å². The lowest BCUT2D eigenvalue weighted by atomic mass is 9.79. The summed E-state index contributed by atoms with van der Waals surface area (Å²) in [6, 6.07) is 0. The highest BCUT2D eigenvalue weighted by atomic mass is 16.6. The first-order chi connectivity index (χ1) is 8.43. The molecule has 0 N–H and O–H groups in total. The van der Waals surface area contributed by atoms with Crippen LogP contribution in [0.4, 0.5) is 0 Å². The predicted molar refractivity (Wildman–Crippen MR) is 61.8 cm³/mol. The van der Waals surface area contributed by atoms with Crippen LogP contribution in [0.1, 0.15) is 39.5 Å². The highest BCUT2D eigenvalue weighted by molar-refractivity contribution is 5.99. The molecule has 0 radical (unpaired) electrons. The number of fused-ring (bicyclic) bond motifs is 3. The van der Waals surface area contributed by atoms with Crippen LogP contribution in [0.5, 0.6) is 0 Å². The summed E-state index contributed by atoms with van der Waals surface area (Å²) in [6.45, 7) is 3.98. The van der Waals surface area contributed by atoms with Crippen molar-refractivity contribution in [3.8, 4) is 0 Å². The lowest BCUT2D eigenvalue weighted by Gasteiger charge is -2.42.